The first-order chi connectivity index (χ1) is 9.95. The Bertz CT molecular complexity index is 729. The molecule has 0 unspecified atom stereocenters. The van der Waals surface area contributed by atoms with E-state index >= 15 is 0 Å². The van der Waals surface area contributed by atoms with Gasteiger partial charge >= 0.3 is 0 Å². The van der Waals surface area contributed by atoms with Crippen molar-refractivity contribution in [2.75, 3.05) is 11.3 Å². The highest BCUT2D eigenvalue weighted by atomic mass is 79.9. The molecule has 2 rings (SSSR count). The van der Waals surface area contributed by atoms with Crippen molar-refractivity contribution in [3.8, 4) is 0 Å². The molecule has 0 aliphatic rings. The van der Waals surface area contributed by atoms with Crippen molar-refractivity contribution in [1.82, 2.24) is 20.5 Å². The monoisotopic (exact) mass is 373 g/mol. The van der Waals surface area contributed by atoms with Crippen LogP contribution in [0, 0.1) is 6.92 Å². The van der Waals surface area contributed by atoms with E-state index in [1.807, 2.05) is 6.92 Å². The normalized spacial score (nSPS) is 11.6. The van der Waals surface area contributed by atoms with E-state index in [1.165, 1.54) is 12.4 Å². The summed E-state index contributed by atoms with van der Waals surface area (Å²) in [5.74, 6) is 0. The molecule has 0 spiro atoms. The zero-order valence-electron chi connectivity index (χ0n) is 11.6. The fourth-order valence-corrected chi connectivity index (χ4v) is 3.77. The molecule has 0 saturated carbocycles. The number of hydrogen-bond donors (Lipinski definition) is 3. The number of halogens is 1. The molecule has 3 N–H and O–H groups in total. The summed E-state index contributed by atoms with van der Waals surface area (Å²) in [6.07, 6.45) is 3.05. The smallest absolute Gasteiger partial charge is 0.265 e. The second kappa shape index (κ2) is 6.54. The molecular formula is C12H16BrN5O2S. The quantitative estimate of drug-likeness (QED) is 0.716. The van der Waals surface area contributed by atoms with Crippen molar-refractivity contribution in [2.24, 2.45) is 0 Å². The molecule has 0 aliphatic heterocycles. The first kappa shape index (κ1) is 15.9. The number of anilines is 1. The third-order valence-electron chi connectivity index (χ3n) is 2.79. The summed E-state index contributed by atoms with van der Waals surface area (Å²) < 4.78 is 28.3. The van der Waals surface area contributed by atoms with Gasteiger partial charge in [-0.2, -0.15) is 5.10 Å². The number of aryl methyl sites for hydroxylation is 1. The first-order valence-electron chi connectivity index (χ1n) is 6.32. The van der Waals surface area contributed by atoms with E-state index in [0.717, 1.165) is 6.54 Å². The van der Waals surface area contributed by atoms with E-state index in [1.54, 1.807) is 13.0 Å². The molecular weight excluding hydrogens is 358 g/mol. The lowest BCUT2D eigenvalue weighted by Crippen LogP contribution is -2.19. The highest BCUT2D eigenvalue weighted by molar-refractivity contribution is 9.10. The minimum Gasteiger partial charge on any atom is -0.311 e. The molecule has 0 atom stereocenters. The van der Waals surface area contributed by atoms with Crippen molar-refractivity contribution in [3.05, 3.63) is 34.3 Å². The zero-order valence-corrected chi connectivity index (χ0v) is 14.0. The van der Waals surface area contributed by atoms with Gasteiger partial charge in [0, 0.05) is 18.9 Å². The van der Waals surface area contributed by atoms with Crippen LogP contribution in [-0.4, -0.2) is 30.1 Å². The van der Waals surface area contributed by atoms with Gasteiger partial charge in [0.15, 0.2) is 0 Å². The van der Waals surface area contributed by atoms with Gasteiger partial charge in [0.25, 0.3) is 10.0 Å². The summed E-state index contributed by atoms with van der Waals surface area (Å²) in [4.78, 5) is 4.08. The standard InChI is InChI=1S/C12H16BrN5O2S/c1-3-14-7-11-12(8(2)16-17-11)21(19,20)18-10-4-5-15-6-9(10)13/h4-6,14H,3,7H2,1-2H3,(H,15,18)(H,16,17). The number of aromatic amines is 1. The molecule has 0 aliphatic carbocycles. The van der Waals surface area contributed by atoms with E-state index in [2.05, 4.69) is 41.2 Å². The number of nitrogens with zero attached hydrogens (tertiary/aromatic N) is 2. The van der Waals surface area contributed by atoms with Crippen LogP contribution in [0.3, 0.4) is 0 Å². The van der Waals surface area contributed by atoms with Gasteiger partial charge in [0.05, 0.1) is 21.5 Å². The summed E-state index contributed by atoms with van der Waals surface area (Å²) in [5.41, 5.74) is 1.40. The molecule has 2 aromatic rings. The largest absolute Gasteiger partial charge is 0.311 e. The molecule has 0 aromatic carbocycles. The minimum absolute atomic E-state index is 0.173. The van der Waals surface area contributed by atoms with Gasteiger partial charge in [-0.1, -0.05) is 6.92 Å². The van der Waals surface area contributed by atoms with Gasteiger partial charge < -0.3 is 5.32 Å². The number of H-pyrrole nitrogens is 1. The van der Waals surface area contributed by atoms with Gasteiger partial charge in [-0.25, -0.2) is 8.42 Å². The maximum Gasteiger partial charge on any atom is 0.265 e. The average Bonchev–Trinajstić information content (AvgIpc) is 2.81. The summed E-state index contributed by atoms with van der Waals surface area (Å²) in [7, 11) is -3.73. The molecule has 2 aromatic heterocycles. The molecule has 9 heteroatoms. The lowest BCUT2D eigenvalue weighted by molar-refractivity contribution is 0.597. The summed E-state index contributed by atoms with van der Waals surface area (Å²) in [6.45, 7) is 4.74. The summed E-state index contributed by atoms with van der Waals surface area (Å²) in [6, 6.07) is 1.58. The Morgan fingerprint density at radius 1 is 1.43 bits per heavy atom. The van der Waals surface area contributed by atoms with Crippen LogP contribution in [0.25, 0.3) is 0 Å². The van der Waals surface area contributed by atoms with Crippen LogP contribution in [-0.2, 0) is 16.6 Å². The van der Waals surface area contributed by atoms with E-state index < -0.39 is 10.0 Å². The fourth-order valence-electron chi connectivity index (χ4n) is 1.84. The molecule has 7 nitrogen and oxygen atoms in total. The van der Waals surface area contributed by atoms with Crippen molar-refractivity contribution < 1.29 is 8.42 Å². The number of pyridine rings is 1. The van der Waals surface area contributed by atoms with E-state index in [-0.39, 0.29) is 4.90 Å². The Kier molecular flexibility index (Phi) is 4.96. The van der Waals surface area contributed by atoms with Crippen LogP contribution in [0.15, 0.2) is 27.8 Å². The Morgan fingerprint density at radius 3 is 2.86 bits per heavy atom. The van der Waals surface area contributed by atoms with Crippen molar-refractivity contribution >= 4 is 31.6 Å². The van der Waals surface area contributed by atoms with E-state index in [4.69, 9.17) is 0 Å². The predicted molar refractivity (Wildman–Crippen MR) is 83.5 cm³/mol. The molecule has 21 heavy (non-hydrogen) atoms. The van der Waals surface area contributed by atoms with Gasteiger partial charge in [-0.15, -0.1) is 0 Å². The third kappa shape index (κ3) is 3.60. The van der Waals surface area contributed by atoms with Crippen LogP contribution in [0.5, 0.6) is 0 Å². The van der Waals surface area contributed by atoms with Crippen LogP contribution < -0.4 is 10.0 Å². The maximum atomic E-state index is 12.6. The maximum absolute atomic E-state index is 12.6. The topological polar surface area (TPSA) is 99.8 Å². The highest BCUT2D eigenvalue weighted by Crippen LogP contribution is 2.25. The first-order valence-corrected chi connectivity index (χ1v) is 8.60. The van der Waals surface area contributed by atoms with Gasteiger partial charge in [0.2, 0.25) is 0 Å². The molecule has 114 valence electrons. The van der Waals surface area contributed by atoms with Crippen molar-refractivity contribution in [3.63, 3.8) is 0 Å². The fraction of sp³-hybridized carbons (Fsp3) is 0.333. The Balaban J connectivity index is 2.36. The third-order valence-corrected chi connectivity index (χ3v) is 4.99. The number of sulfonamides is 1. The molecule has 0 radical (unpaired) electrons. The van der Waals surface area contributed by atoms with E-state index in [0.29, 0.717) is 28.1 Å². The van der Waals surface area contributed by atoms with Crippen molar-refractivity contribution in [2.45, 2.75) is 25.3 Å². The van der Waals surface area contributed by atoms with Gasteiger partial charge in [-0.05, 0) is 35.5 Å². The molecule has 0 fully saturated rings. The molecule has 0 amide bonds. The van der Waals surface area contributed by atoms with Crippen molar-refractivity contribution in [1.29, 1.82) is 0 Å². The van der Waals surface area contributed by atoms with Crippen LogP contribution in [0.2, 0.25) is 0 Å². The predicted octanol–water partition coefficient (Wildman–Crippen LogP) is 1.79. The SMILES string of the molecule is CCNCc1n[nH]c(C)c1S(=O)(=O)Nc1ccncc1Br. The number of rotatable bonds is 6. The van der Waals surface area contributed by atoms with Gasteiger partial charge in [-0.3, -0.25) is 14.8 Å². The van der Waals surface area contributed by atoms with Crippen LogP contribution in [0.1, 0.15) is 18.3 Å². The van der Waals surface area contributed by atoms with E-state index in [9.17, 15) is 8.42 Å². The zero-order chi connectivity index (χ0) is 15.5. The molecule has 0 saturated heterocycles. The number of hydrogen-bond acceptors (Lipinski definition) is 5. The van der Waals surface area contributed by atoms with Crippen LogP contribution >= 0.6 is 15.9 Å². The van der Waals surface area contributed by atoms with Gasteiger partial charge in [0.1, 0.15) is 4.90 Å². The summed E-state index contributed by atoms with van der Waals surface area (Å²) >= 11 is 3.27. The lowest BCUT2D eigenvalue weighted by atomic mass is 10.3. The molecule has 0 bridgehead atoms. The molecule has 2 heterocycles. The number of nitrogens with one attached hydrogen (secondary N) is 3. The second-order valence-corrected chi connectivity index (χ2v) is 6.84. The lowest BCUT2D eigenvalue weighted by Gasteiger charge is -2.10. The Labute approximate surface area is 131 Å². The minimum atomic E-state index is -3.73. The number of aromatic nitrogens is 3. The average molecular weight is 374 g/mol. The Hall–Kier alpha value is -1.45. The van der Waals surface area contributed by atoms with Crippen LogP contribution in [0.4, 0.5) is 5.69 Å². The second-order valence-electron chi connectivity index (χ2n) is 4.37. The highest BCUT2D eigenvalue weighted by Gasteiger charge is 2.24. The Morgan fingerprint density at radius 2 is 2.19 bits per heavy atom. The summed E-state index contributed by atoms with van der Waals surface area (Å²) in [5, 5.41) is 9.84.